The molecule has 0 N–H and O–H groups in total. The molecule has 14 heavy (non-hydrogen) atoms. The van der Waals surface area contributed by atoms with Gasteiger partial charge in [0.25, 0.3) is 0 Å². The van der Waals surface area contributed by atoms with Gasteiger partial charge in [-0.15, -0.1) is 5.73 Å². The summed E-state index contributed by atoms with van der Waals surface area (Å²) in [5.74, 6) is 0. The second kappa shape index (κ2) is 4.34. The SMILES string of the molecule is C=C=Cc1c(C)c(CCC)c(C)n1C. The summed E-state index contributed by atoms with van der Waals surface area (Å²) in [4.78, 5) is 0. The molecule has 1 aromatic heterocycles. The van der Waals surface area contributed by atoms with Crippen LogP contribution >= 0.6 is 0 Å². The molecular weight excluding hydrogens is 170 g/mol. The molecule has 0 aliphatic heterocycles. The Hall–Kier alpha value is -1.20. The Bertz CT molecular complexity index is 376. The molecule has 1 rings (SSSR count). The molecule has 1 nitrogen and oxygen atoms in total. The zero-order valence-electron chi connectivity index (χ0n) is 9.65. The Balaban J connectivity index is 3.32. The molecule has 0 amide bonds. The van der Waals surface area contributed by atoms with Crippen molar-refractivity contribution in [3.8, 4) is 0 Å². The van der Waals surface area contributed by atoms with Gasteiger partial charge < -0.3 is 4.57 Å². The molecular formula is C13H19N. The first-order valence-corrected chi connectivity index (χ1v) is 5.14. The van der Waals surface area contributed by atoms with Crippen molar-refractivity contribution in [2.24, 2.45) is 7.05 Å². The van der Waals surface area contributed by atoms with Crippen LogP contribution in [0.5, 0.6) is 0 Å². The van der Waals surface area contributed by atoms with Gasteiger partial charge in [0.05, 0.1) is 5.69 Å². The van der Waals surface area contributed by atoms with Gasteiger partial charge in [0.15, 0.2) is 0 Å². The predicted molar refractivity (Wildman–Crippen MR) is 62.5 cm³/mol. The quantitative estimate of drug-likeness (QED) is 0.642. The summed E-state index contributed by atoms with van der Waals surface area (Å²) in [6, 6.07) is 0. The van der Waals surface area contributed by atoms with Crippen molar-refractivity contribution < 1.29 is 0 Å². The Morgan fingerprint density at radius 3 is 2.57 bits per heavy atom. The van der Waals surface area contributed by atoms with Crippen molar-refractivity contribution in [1.82, 2.24) is 4.57 Å². The van der Waals surface area contributed by atoms with Crippen LogP contribution in [0, 0.1) is 13.8 Å². The molecule has 0 spiro atoms. The van der Waals surface area contributed by atoms with Gasteiger partial charge >= 0.3 is 0 Å². The Morgan fingerprint density at radius 2 is 2.07 bits per heavy atom. The van der Waals surface area contributed by atoms with Gasteiger partial charge in [-0.1, -0.05) is 19.9 Å². The molecule has 0 fully saturated rings. The summed E-state index contributed by atoms with van der Waals surface area (Å²) < 4.78 is 2.22. The van der Waals surface area contributed by atoms with Gasteiger partial charge in [0, 0.05) is 18.8 Å². The summed E-state index contributed by atoms with van der Waals surface area (Å²) >= 11 is 0. The van der Waals surface area contributed by atoms with Crippen LogP contribution in [-0.2, 0) is 13.5 Å². The normalized spacial score (nSPS) is 10.0. The van der Waals surface area contributed by atoms with Crippen LogP contribution in [0.1, 0.15) is 35.9 Å². The highest BCUT2D eigenvalue weighted by atomic mass is 15.0. The lowest BCUT2D eigenvalue weighted by molar-refractivity contribution is 0.843. The van der Waals surface area contributed by atoms with E-state index in [-0.39, 0.29) is 0 Å². The first-order valence-electron chi connectivity index (χ1n) is 5.14. The molecule has 1 heteroatoms. The molecule has 76 valence electrons. The predicted octanol–water partition coefficient (Wildman–Crippen LogP) is 3.39. The second-order valence-electron chi connectivity index (χ2n) is 3.73. The van der Waals surface area contributed by atoms with E-state index in [1.807, 2.05) is 6.08 Å². The number of rotatable bonds is 3. The van der Waals surface area contributed by atoms with Crippen molar-refractivity contribution in [3.05, 3.63) is 34.8 Å². The largest absolute Gasteiger partial charge is 0.347 e. The molecule has 0 radical (unpaired) electrons. The second-order valence-corrected chi connectivity index (χ2v) is 3.73. The number of hydrogen-bond acceptors (Lipinski definition) is 0. The van der Waals surface area contributed by atoms with E-state index in [0.29, 0.717) is 0 Å². The Kier molecular flexibility index (Phi) is 3.38. The number of nitrogens with zero attached hydrogens (tertiary/aromatic N) is 1. The lowest BCUT2D eigenvalue weighted by atomic mass is 10.1. The molecule has 0 saturated heterocycles. The topological polar surface area (TPSA) is 4.93 Å². The van der Waals surface area contributed by atoms with Crippen LogP contribution in [0.3, 0.4) is 0 Å². The minimum absolute atomic E-state index is 1.16. The van der Waals surface area contributed by atoms with Gasteiger partial charge in [0.2, 0.25) is 0 Å². The average molecular weight is 189 g/mol. The third-order valence-electron chi connectivity index (χ3n) is 2.88. The van der Waals surface area contributed by atoms with E-state index in [1.165, 1.54) is 28.9 Å². The summed E-state index contributed by atoms with van der Waals surface area (Å²) in [7, 11) is 2.10. The van der Waals surface area contributed by atoms with Crippen LogP contribution < -0.4 is 0 Å². The first-order chi connectivity index (χ1) is 6.63. The fraction of sp³-hybridized carbons (Fsp3) is 0.462. The third-order valence-corrected chi connectivity index (χ3v) is 2.88. The standard InChI is InChI=1S/C13H19N/c1-6-8-12-10(3)13(9-7-2)14(5)11(12)4/h9H,2,6,8H2,1,3-5H3. The van der Waals surface area contributed by atoms with Crippen LogP contribution in [0.4, 0.5) is 0 Å². The fourth-order valence-corrected chi connectivity index (χ4v) is 1.98. The lowest BCUT2D eigenvalue weighted by Gasteiger charge is -2.00. The minimum Gasteiger partial charge on any atom is -0.347 e. The van der Waals surface area contributed by atoms with Crippen LogP contribution in [0.25, 0.3) is 6.08 Å². The Morgan fingerprint density at radius 1 is 1.43 bits per heavy atom. The van der Waals surface area contributed by atoms with Gasteiger partial charge in [-0.3, -0.25) is 0 Å². The van der Waals surface area contributed by atoms with Crippen molar-refractivity contribution in [3.63, 3.8) is 0 Å². The van der Waals surface area contributed by atoms with E-state index >= 15 is 0 Å². The van der Waals surface area contributed by atoms with Gasteiger partial charge in [0.1, 0.15) is 0 Å². The summed E-state index contributed by atoms with van der Waals surface area (Å²) in [6.07, 6.45) is 4.32. The molecule has 1 heterocycles. The van der Waals surface area contributed by atoms with E-state index in [0.717, 1.165) is 6.42 Å². The fourth-order valence-electron chi connectivity index (χ4n) is 1.98. The molecule has 0 aromatic carbocycles. The minimum atomic E-state index is 1.16. The van der Waals surface area contributed by atoms with Crippen LogP contribution in [0.15, 0.2) is 12.3 Å². The van der Waals surface area contributed by atoms with Crippen molar-refractivity contribution in [2.75, 3.05) is 0 Å². The molecule has 0 saturated carbocycles. The van der Waals surface area contributed by atoms with Crippen molar-refractivity contribution >= 4 is 6.08 Å². The highest BCUT2D eigenvalue weighted by Gasteiger charge is 2.11. The number of hydrogen-bond donors (Lipinski definition) is 0. The maximum atomic E-state index is 3.63. The van der Waals surface area contributed by atoms with Gasteiger partial charge in [-0.25, -0.2) is 0 Å². The third kappa shape index (κ3) is 1.69. The number of aromatic nitrogens is 1. The zero-order valence-corrected chi connectivity index (χ0v) is 9.65. The maximum Gasteiger partial charge on any atom is 0.0516 e. The lowest BCUT2D eigenvalue weighted by Crippen LogP contribution is -1.94. The molecule has 0 bridgehead atoms. The summed E-state index contributed by atoms with van der Waals surface area (Å²) in [5, 5.41) is 0. The van der Waals surface area contributed by atoms with Crippen LogP contribution in [-0.4, -0.2) is 4.57 Å². The molecule has 0 unspecified atom stereocenters. The molecule has 1 aromatic rings. The van der Waals surface area contributed by atoms with E-state index in [9.17, 15) is 0 Å². The summed E-state index contributed by atoms with van der Waals surface area (Å²) in [5.41, 5.74) is 8.32. The van der Waals surface area contributed by atoms with E-state index in [1.54, 1.807) is 0 Å². The summed E-state index contributed by atoms with van der Waals surface area (Å²) in [6.45, 7) is 10.2. The average Bonchev–Trinajstić information content (AvgIpc) is 2.36. The van der Waals surface area contributed by atoms with Gasteiger partial charge in [-0.05, 0) is 31.4 Å². The van der Waals surface area contributed by atoms with E-state index < -0.39 is 0 Å². The highest BCUT2D eigenvalue weighted by Crippen LogP contribution is 2.23. The molecule has 0 aliphatic carbocycles. The van der Waals surface area contributed by atoms with E-state index in [2.05, 4.69) is 44.7 Å². The molecule has 0 aliphatic rings. The Labute approximate surface area is 86.8 Å². The van der Waals surface area contributed by atoms with Gasteiger partial charge in [-0.2, -0.15) is 0 Å². The highest BCUT2D eigenvalue weighted by molar-refractivity contribution is 5.54. The monoisotopic (exact) mass is 189 g/mol. The van der Waals surface area contributed by atoms with Crippen molar-refractivity contribution in [1.29, 1.82) is 0 Å². The smallest absolute Gasteiger partial charge is 0.0516 e. The zero-order chi connectivity index (χ0) is 10.7. The first kappa shape index (κ1) is 10.9. The van der Waals surface area contributed by atoms with Crippen molar-refractivity contribution in [2.45, 2.75) is 33.6 Å². The van der Waals surface area contributed by atoms with Crippen LogP contribution in [0.2, 0.25) is 0 Å². The molecule has 0 atom stereocenters. The maximum absolute atomic E-state index is 3.63. The van der Waals surface area contributed by atoms with E-state index in [4.69, 9.17) is 0 Å².